The van der Waals surface area contributed by atoms with Crippen LogP contribution in [-0.2, 0) is 0 Å². The highest BCUT2D eigenvalue weighted by Gasteiger charge is 2.13. The molecule has 0 N–H and O–H groups in total. The largest absolute Gasteiger partial charge is 0.207 e. The highest BCUT2D eigenvalue weighted by Crippen LogP contribution is 2.33. The maximum absolute atomic E-state index is 13.5. The molecule has 0 aliphatic rings. The third-order valence-corrected chi connectivity index (χ3v) is 4.41. The Bertz CT molecular complexity index is 531. The zero-order chi connectivity index (χ0) is 13.3. The van der Waals surface area contributed by atoms with Gasteiger partial charge in [0.25, 0.3) is 0 Å². The summed E-state index contributed by atoms with van der Waals surface area (Å²) in [7, 11) is 0. The third kappa shape index (κ3) is 2.81. The minimum Gasteiger partial charge on any atom is -0.207 e. The van der Waals surface area contributed by atoms with E-state index >= 15 is 0 Å². The van der Waals surface area contributed by atoms with Crippen LogP contribution in [0.4, 0.5) is 8.78 Å². The van der Waals surface area contributed by atoms with Crippen molar-refractivity contribution in [3.05, 3.63) is 69.2 Å². The summed E-state index contributed by atoms with van der Waals surface area (Å²) in [5.74, 6) is -0.545. The van der Waals surface area contributed by atoms with Gasteiger partial charge in [0.1, 0.15) is 11.6 Å². The number of aryl methyl sites for hydroxylation is 1. The van der Waals surface area contributed by atoms with E-state index in [0.717, 1.165) is 11.1 Å². The van der Waals surface area contributed by atoms with Gasteiger partial charge in [-0.25, -0.2) is 8.78 Å². The van der Waals surface area contributed by atoms with Crippen molar-refractivity contribution in [1.82, 2.24) is 0 Å². The van der Waals surface area contributed by atoms with Crippen LogP contribution in [0.3, 0.4) is 0 Å². The van der Waals surface area contributed by atoms with Crippen LogP contribution in [0.1, 0.15) is 21.5 Å². The van der Waals surface area contributed by atoms with Gasteiger partial charge in [0.2, 0.25) is 0 Å². The van der Waals surface area contributed by atoms with Gasteiger partial charge in [-0.2, -0.15) is 0 Å². The average molecular weight is 376 g/mol. The average Bonchev–Trinajstić information content (AvgIpc) is 2.35. The van der Waals surface area contributed by atoms with Gasteiger partial charge in [-0.3, -0.25) is 0 Å². The molecule has 0 bridgehead atoms. The lowest BCUT2D eigenvalue weighted by atomic mass is 10.0. The molecule has 0 saturated carbocycles. The molecule has 2 aromatic rings. The van der Waals surface area contributed by atoms with Gasteiger partial charge in [-0.15, -0.1) is 0 Å². The van der Waals surface area contributed by atoms with Crippen molar-refractivity contribution in [2.45, 2.75) is 11.8 Å². The smallest absolute Gasteiger partial charge is 0.137 e. The Labute approximate surface area is 121 Å². The molecule has 0 radical (unpaired) electrons. The minimum absolute atomic E-state index is 0.153. The minimum atomic E-state index is -0.309. The molecule has 0 aliphatic carbocycles. The van der Waals surface area contributed by atoms with Crippen molar-refractivity contribution in [3.63, 3.8) is 0 Å². The predicted octanol–water partition coefficient (Wildman–Crippen LogP) is 5.52. The summed E-state index contributed by atoms with van der Waals surface area (Å²) in [5.41, 5.74) is 2.27. The highest BCUT2D eigenvalue weighted by atomic mass is 79.9. The van der Waals surface area contributed by atoms with E-state index in [9.17, 15) is 8.78 Å². The Morgan fingerprint density at radius 3 is 2.17 bits per heavy atom. The third-order valence-electron chi connectivity index (χ3n) is 2.71. The van der Waals surface area contributed by atoms with E-state index < -0.39 is 0 Å². The lowest BCUT2D eigenvalue weighted by Gasteiger charge is -2.12. The molecule has 94 valence electrons. The molecule has 0 saturated heterocycles. The van der Waals surface area contributed by atoms with Crippen molar-refractivity contribution in [2.75, 3.05) is 0 Å². The SMILES string of the molecule is Cc1cc(C(Br)c2ccc(Br)c(F)c2)ccc1F. The van der Waals surface area contributed by atoms with Crippen molar-refractivity contribution in [2.24, 2.45) is 0 Å². The van der Waals surface area contributed by atoms with E-state index in [4.69, 9.17) is 0 Å². The van der Waals surface area contributed by atoms with Crippen molar-refractivity contribution in [3.8, 4) is 0 Å². The highest BCUT2D eigenvalue weighted by molar-refractivity contribution is 9.10. The molecule has 0 spiro atoms. The molecule has 4 heteroatoms. The number of halogens is 4. The lowest BCUT2D eigenvalue weighted by Crippen LogP contribution is -1.95. The van der Waals surface area contributed by atoms with Gasteiger partial charge in [0.05, 0.1) is 9.30 Å². The quantitative estimate of drug-likeness (QED) is 0.606. The first-order valence-electron chi connectivity index (χ1n) is 5.34. The predicted molar refractivity (Wildman–Crippen MR) is 76.0 cm³/mol. The van der Waals surface area contributed by atoms with E-state index in [1.54, 1.807) is 25.1 Å². The van der Waals surface area contributed by atoms with Crippen LogP contribution in [0.2, 0.25) is 0 Å². The summed E-state index contributed by atoms with van der Waals surface area (Å²) in [5, 5.41) is 0. The van der Waals surface area contributed by atoms with Gasteiger partial charge < -0.3 is 0 Å². The normalized spacial score (nSPS) is 12.5. The molecule has 2 aromatic carbocycles. The van der Waals surface area contributed by atoms with Gasteiger partial charge in [0, 0.05) is 0 Å². The summed E-state index contributed by atoms with van der Waals surface area (Å²) in [6.07, 6.45) is 0. The maximum atomic E-state index is 13.5. The first kappa shape index (κ1) is 13.7. The van der Waals surface area contributed by atoms with Gasteiger partial charge in [0.15, 0.2) is 0 Å². The second kappa shape index (κ2) is 5.49. The van der Waals surface area contributed by atoms with Crippen LogP contribution in [0.5, 0.6) is 0 Å². The zero-order valence-corrected chi connectivity index (χ0v) is 12.7. The Hall–Kier alpha value is -0.740. The number of hydrogen-bond acceptors (Lipinski definition) is 0. The molecule has 0 aromatic heterocycles. The topological polar surface area (TPSA) is 0 Å². The van der Waals surface area contributed by atoms with E-state index in [2.05, 4.69) is 31.9 Å². The van der Waals surface area contributed by atoms with Gasteiger partial charge in [-0.1, -0.05) is 34.1 Å². The standard InChI is InChI=1S/C14H10Br2F2/c1-8-6-9(3-5-12(8)17)14(16)10-2-4-11(15)13(18)7-10/h2-7,14H,1H3. The van der Waals surface area contributed by atoms with Crippen molar-refractivity contribution in [1.29, 1.82) is 0 Å². The summed E-state index contributed by atoms with van der Waals surface area (Å²) < 4.78 is 27.1. The van der Waals surface area contributed by atoms with Crippen LogP contribution in [0.15, 0.2) is 40.9 Å². The van der Waals surface area contributed by atoms with Crippen LogP contribution < -0.4 is 0 Å². The molecule has 0 fully saturated rings. The first-order chi connectivity index (χ1) is 8.49. The monoisotopic (exact) mass is 374 g/mol. The summed E-state index contributed by atoms with van der Waals surface area (Å²) in [6, 6.07) is 9.83. The molecular weight excluding hydrogens is 366 g/mol. The molecule has 18 heavy (non-hydrogen) atoms. The fraction of sp³-hybridized carbons (Fsp3) is 0.143. The van der Waals surface area contributed by atoms with E-state index in [1.807, 2.05) is 6.07 Å². The van der Waals surface area contributed by atoms with Crippen LogP contribution in [0.25, 0.3) is 0 Å². The molecular formula is C14H10Br2F2. The van der Waals surface area contributed by atoms with E-state index in [1.165, 1.54) is 12.1 Å². The number of benzene rings is 2. The van der Waals surface area contributed by atoms with E-state index in [0.29, 0.717) is 10.0 Å². The Kier molecular flexibility index (Phi) is 4.17. The van der Waals surface area contributed by atoms with Gasteiger partial charge >= 0.3 is 0 Å². The van der Waals surface area contributed by atoms with E-state index in [-0.39, 0.29) is 16.5 Å². The second-order valence-electron chi connectivity index (χ2n) is 4.04. The molecule has 0 aliphatic heterocycles. The Morgan fingerprint density at radius 2 is 1.56 bits per heavy atom. The summed E-state index contributed by atoms with van der Waals surface area (Å²) in [6.45, 7) is 1.71. The maximum Gasteiger partial charge on any atom is 0.137 e. The first-order valence-corrected chi connectivity index (χ1v) is 7.05. The van der Waals surface area contributed by atoms with Crippen molar-refractivity contribution >= 4 is 31.9 Å². The Morgan fingerprint density at radius 1 is 0.944 bits per heavy atom. The lowest BCUT2D eigenvalue weighted by molar-refractivity contribution is 0.616. The van der Waals surface area contributed by atoms with Crippen molar-refractivity contribution < 1.29 is 8.78 Å². The zero-order valence-electron chi connectivity index (χ0n) is 9.55. The number of rotatable bonds is 2. The van der Waals surface area contributed by atoms with Gasteiger partial charge in [-0.05, 0) is 57.7 Å². The fourth-order valence-corrected chi connectivity index (χ4v) is 2.50. The van der Waals surface area contributed by atoms with Crippen LogP contribution in [-0.4, -0.2) is 0 Å². The van der Waals surface area contributed by atoms with Crippen LogP contribution >= 0.6 is 31.9 Å². The molecule has 1 atom stereocenters. The Balaban J connectivity index is 2.37. The molecule has 0 heterocycles. The molecule has 1 unspecified atom stereocenters. The summed E-state index contributed by atoms with van der Waals surface area (Å²) >= 11 is 6.62. The number of hydrogen-bond donors (Lipinski definition) is 0. The number of alkyl halides is 1. The summed E-state index contributed by atoms with van der Waals surface area (Å²) in [4.78, 5) is -0.153. The molecule has 0 nitrogen and oxygen atoms in total. The fourth-order valence-electron chi connectivity index (χ4n) is 1.69. The second-order valence-corrected chi connectivity index (χ2v) is 5.81. The molecule has 0 amide bonds. The molecule has 2 rings (SSSR count). The van der Waals surface area contributed by atoms with Crippen LogP contribution in [0, 0.1) is 18.6 Å².